The summed E-state index contributed by atoms with van der Waals surface area (Å²) in [6.07, 6.45) is 3.53. The molecule has 2 unspecified atom stereocenters. The van der Waals surface area contributed by atoms with Crippen molar-refractivity contribution in [3.05, 3.63) is 29.8 Å². The molecule has 0 amide bonds. The van der Waals surface area contributed by atoms with Gasteiger partial charge < -0.3 is 15.6 Å². The summed E-state index contributed by atoms with van der Waals surface area (Å²) in [5, 5.41) is 10.1. The van der Waals surface area contributed by atoms with Gasteiger partial charge in [0.05, 0.1) is 13.2 Å². The normalized spacial score (nSPS) is 28.3. The lowest BCUT2D eigenvalue weighted by atomic mass is 9.78. The van der Waals surface area contributed by atoms with Gasteiger partial charge in [-0.15, -0.1) is 0 Å². The summed E-state index contributed by atoms with van der Waals surface area (Å²) in [5.41, 5.74) is 6.94. The van der Waals surface area contributed by atoms with Crippen molar-refractivity contribution in [3.63, 3.8) is 0 Å². The Morgan fingerprint density at radius 1 is 1.53 bits per heavy atom. The molecule has 3 N–H and O–H groups in total. The molecule has 0 aliphatic heterocycles. The standard InChI is InChI=1S/C14H21NO2/c1-17-12-5-2-4-11(8-12)9-14(10-15)7-3-6-13(14)16/h2,4-5,8,13,16H,3,6-7,9-10,15H2,1H3. The zero-order valence-corrected chi connectivity index (χ0v) is 10.4. The van der Waals surface area contributed by atoms with Gasteiger partial charge in [-0.3, -0.25) is 0 Å². The molecule has 2 rings (SSSR count). The fraction of sp³-hybridized carbons (Fsp3) is 0.571. The highest BCUT2D eigenvalue weighted by Gasteiger charge is 2.40. The number of hydrogen-bond acceptors (Lipinski definition) is 3. The van der Waals surface area contributed by atoms with Gasteiger partial charge in [-0.25, -0.2) is 0 Å². The first-order valence-electron chi connectivity index (χ1n) is 6.21. The third kappa shape index (κ3) is 2.45. The van der Waals surface area contributed by atoms with E-state index in [2.05, 4.69) is 6.07 Å². The molecule has 1 saturated carbocycles. The molecule has 0 heterocycles. The Hall–Kier alpha value is -1.06. The van der Waals surface area contributed by atoms with Crippen molar-refractivity contribution in [1.82, 2.24) is 0 Å². The van der Waals surface area contributed by atoms with Crippen LogP contribution in [0.25, 0.3) is 0 Å². The predicted molar refractivity (Wildman–Crippen MR) is 68.0 cm³/mol. The fourth-order valence-electron chi connectivity index (χ4n) is 2.83. The maximum Gasteiger partial charge on any atom is 0.119 e. The molecule has 1 aliphatic carbocycles. The van der Waals surface area contributed by atoms with Crippen LogP contribution >= 0.6 is 0 Å². The number of rotatable bonds is 4. The van der Waals surface area contributed by atoms with Crippen molar-refractivity contribution in [2.24, 2.45) is 11.1 Å². The summed E-state index contributed by atoms with van der Waals surface area (Å²) in [7, 11) is 1.67. The van der Waals surface area contributed by atoms with Gasteiger partial charge in [0.25, 0.3) is 0 Å². The van der Waals surface area contributed by atoms with E-state index in [-0.39, 0.29) is 11.5 Å². The highest BCUT2D eigenvalue weighted by molar-refractivity contribution is 5.29. The Bertz CT molecular complexity index is 380. The lowest BCUT2D eigenvalue weighted by molar-refractivity contribution is 0.0588. The smallest absolute Gasteiger partial charge is 0.119 e. The van der Waals surface area contributed by atoms with Gasteiger partial charge >= 0.3 is 0 Å². The monoisotopic (exact) mass is 235 g/mol. The molecule has 1 aromatic carbocycles. The molecule has 0 radical (unpaired) electrons. The Morgan fingerprint density at radius 3 is 2.94 bits per heavy atom. The quantitative estimate of drug-likeness (QED) is 0.835. The Kier molecular flexibility index (Phi) is 3.69. The number of nitrogens with two attached hydrogens (primary N) is 1. The molecular formula is C14H21NO2. The first kappa shape index (κ1) is 12.4. The molecule has 0 bridgehead atoms. The Morgan fingerprint density at radius 2 is 2.35 bits per heavy atom. The van der Waals surface area contributed by atoms with Crippen LogP contribution in [0.4, 0.5) is 0 Å². The molecule has 17 heavy (non-hydrogen) atoms. The van der Waals surface area contributed by atoms with Crippen LogP contribution in [0.5, 0.6) is 5.75 Å². The first-order valence-corrected chi connectivity index (χ1v) is 6.21. The van der Waals surface area contributed by atoms with E-state index >= 15 is 0 Å². The van der Waals surface area contributed by atoms with E-state index in [0.29, 0.717) is 6.54 Å². The second-order valence-electron chi connectivity index (χ2n) is 5.00. The van der Waals surface area contributed by atoms with Crippen LogP contribution in [0.1, 0.15) is 24.8 Å². The van der Waals surface area contributed by atoms with Crippen LogP contribution < -0.4 is 10.5 Å². The lowest BCUT2D eigenvalue weighted by Crippen LogP contribution is -2.39. The molecule has 3 nitrogen and oxygen atoms in total. The van der Waals surface area contributed by atoms with Crippen LogP contribution in [0.15, 0.2) is 24.3 Å². The van der Waals surface area contributed by atoms with E-state index in [1.807, 2.05) is 18.2 Å². The second-order valence-corrected chi connectivity index (χ2v) is 5.00. The highest BCUT2D eigenvalue weighted by atomic mass is 16.5. The van der Waals surface area contributed by atoms with Gasteiger partial charge in [0.2, 0.25) is 0 Å². The largest absolute Gasteiger partial charge is 0.497 e. The van der Waals surface area contributed by atoms with Crippen molar-refractivity contribution < 1.29 is 9.84 Å². The summed E-state index contributed by atoms with van der Waals surface area (Å²) in [6, 6.07) is 8.02. The van der Waals surface area contributed by atoms with E-state index in [1.54, 1.807) is 7.11 Å². The third-order valence-electron chi connectivity index (χ3n) is 3.96. The van der Waals surface area contributed by atoms with Crippen LogP contribution in [0.2, 0.25) is 0 Å². The number of benzene rings is 1. The maximum absolute atomic E-state index is 10.1. The summed E-state index contributed by atoms with van der Waals surface area (Å²) in [5.74, 6) is 0.863. The maximum atomic E-state index is 10.1. The minimum atomic E-state index is -0.265. The van der Waals surface area contributed by atoms with Gasteiger partial charge in [0.1, 0.15) is 5.75 Å². The van der Waals surface area contributed by atoms with Gasteiger partial charge in [-0.05, 0) is 37.0 Å². The highest BCUT2D eigenvalue weighted by Crippen LogP contribution is 2.40. The van der Waals surface area contributed by atoms with Gasteiger partial charge in [0.15, 0.2) is 0 Å². The van der Waals surface area contributed by atoms with E-state index in [1.165, 1.54) is 5.56 Å². The van der Waals surface area contributed by atoms with Gasteiger partial charge in [-0.2, -0.15) is 0 Å². The zero-order valence-electron chi connectivity index (χ0n) is 10.4. The average Bonchev–Trinajstić information content (AvgIpc) is 2.71. The molecule has 0 saturated heterocycles. The molecule has 1 aromatic rings. The molecule has 94 valence electrons. The third-order valence-corrected chi connectivity index (χ3v) is 3.96. The van der Waals surface area contributed by atoms with Crippen LogP contribution in [0, 0.1) is 5.41 Å². The molecule has 1 aliphatic rings. The predicted octanol–water partition coefficient (Wildman–Crippen LogP) is 1.73. The molecular weight excluding hydrogens is 214 g/mol. The minimum absolute atomic E-state index is 0.133. The average molecular weight is 235 g/mol. The van der Waals surface area contributed by atoms with Crippen molar-refractivity contribution in [1.29, 1.82) is 0 Å². The number of methoxy groups -OCH3 is 1. The molecule has 0 spiro atoms. The molecule has 3 heteroatoms. The van der Waals surface area contributed by atoms with Gasteiger partial charge in [-0.1, -0.05) is 18.6 Å². The summed E-state index contributed by atoms with van der Waals surface area (Å²) in [6.45, 7) is 0.547. The summed E-state index contributed by atoms with van der Waals surface area (Å²) >= 11 is 0. The lowest BCUT2D eigenvalue weighted by Gasteiger charge is -2.31. The number of hydrogen-bond donors (Lipinski definition) is 2. The number of aliphatic hydroxyl groups is 1. The van der Waals surface area contributed by atoms with Crippen LogP contribution in [0.3, 0.4) is 0 Å². The zero-order chi connectivity index (χ0) is 12.3. The molecule has 1 fully saturated rings. The number of aliphatic hydroxyl groups excluding tert-OH is 1. The minimum Gasteiger partial charge on any atom is -0.497 e. The Labute approximate surface area is 103 Å². The van der Waals surface area contributed by atoms with Crippen molar-refractivity contribution in [3.8, 4) is 5.75 Å². The van der Waals surface area contributed by atoms with Crippen molar-refractivity contribution in [2.45, 2.75) is 31.8 Å². The van der Waals surface area contributed by atoms with E-state index < -0.39 is 0 Å². The van der Waals surface area contributed by atoms with Crippen molar-refractivity contribution in [2.75, 3.05) is 13.7 Å². The molecule has 2 atom stereocenters. The second kappa shape index (κ2) is 5.07. The number of ether oxygens (including phenoxy) is 1. The van der Waals surface area contributed by atoms with E-state index in [0.717, 1.165) is 31.4 Å². The van der Waals surface area contributed by atoms with E-state index in [4.69, 9.17) is 10.5 Å². The van der Waals surface area contributed by atoms with Crippen LogP contribution in [-0.4, -0.2) is 24.9 Å². The topological polar surface area (TPSA) is 55.5 Å². The summed E-state index contributed by atoms with van der Waals surface area (Å²) < 4.78 is 5.22. The van der Waals surface area contributed by atoms with E-state index in [9.17, 15) is 5.11 Å². The Balaban J connectivity index is 2.18. The van der Waals surface area contributed by atoms with Crippen LogP contribution in [-0.2, 0) is 6.42 Å². The first-order chi connectivity index (χ1) is 8.20. The molecule has 0 aromatic heterocycles. The van der Waals surface area contributed by atoms with Gasteiger partial charge in [0, 0.05) is 12.0 Å². The SMILES string of the molecule is COc1cccc(CC2(CN)CCCC2O)c1. The fourth-order valence-corrected chi connectivity index (χ4v) is 2.83. The van der Waals surface area contributed by atoms with Crippen molar-refractivity contribution >= 4 is 0 Å². The summed E-state index contributed by atoms with van der Waals surface area (Å²) in [4.78, 5) is 0.